The van der Waals surface area contributed by atoms with Gasteiger partial charge in [0.2, 0.25) is 0 Å². The van der Waals surface area contributed by atoms with E-state index in [2.05, 4.69) is 26.1 Å². The molecule has 140 valence electrons. The van der Waals surface area contributed by atoms with Crippen LogP contribution in [0.1, 0.15) is 24.2 Å². The van der Waals surface area contributed by atoms with Crippen LogP contribution in [0.5, 0.6) is 5.75 Å². The Labute approximate surface area is 160 Å². The predicted octanol–water partition coefficient (Wildman–Crippen LogP) is 3.33. The molecule has 0 aliphatic rings. The number of anilines is 1. The number of benzene rings is 2. The molecule has 0 bridgehead atoms. The van der Waals surface area contributed by atoms with Gasteiger partial charge in [0.1, 0.15) is 10.6 Å². The second-order valence-electron chi connectivity index (χ2n) is 5.07. The number of ether oxygens (including phenoxy) is 1. The largest absolute Gasteiger partial charge is 0.492 e. The number of hydrogen-bond acceptors (Lipinski definition) is 5. The third-order valence-electron chi connectivity index (χ3n) is 3.20. The average molecular weight is 443 g/mol. The number of carbonyl (C=O) groups is 1. The molecule has 0 aromatic heterocycles. The standard InChI is InChI=1S/C17H19BrN2O5S/c1-3-24-15-10-7-13(18)11-16(15)26(22,23)20-14-8-5-12(6-9-14)17(21)19-25-4-2/h5-11,20H,3-4H2,1-2H3,(H,19,21). The van der Waals surface area contributed by atoms with Crippen LogP contribution in [0.2, 0.25) is 0 Å². The van der Waals surface area contributed by atoms with E-state index in [1.165, 1.54) is 30.3 Å². The zero-order valence-corrected chi connectivity index (χ0v) is 16.7. The lowest BCUT2D eigenvalue weighted by Crippen LogP contribution is -2.23. The van der Waals surface area contributed by atoms with Gasteiger partial charge in [0.25, 0.3) is 15.9 Å². The molecule has 0 heterocycles. The molecule has 2 aromatic rings. The Kier molecular flexibility index (Phi) is 7.01. The number of carbonyl (C=O) groups excluding carboxylic acids is 1. The van der Waals surface area contributed by atoms with Crippen molar-refractivity contribution in [1.29, 1.82) is 0 Å². The topological polar surface area (TPSA) is 93.7 Å². The number of nitrogens with one attached hydrogen (secondary N) is 2. The number of hydrogen-bond donors (Lipinski definition) is 2. The minimum atomic E-state index is -3.87. The van der Waals surface area contributed by atoms with Crippen molar-refractivity contribution in [3.05, 3.63) is 52.5 Å². The highest BCUT2D eigenvalue weighted by Crippen LogP contribution is 2.29. The number of halogens is 1. The molecule has 0 saturated heterocycles. The van der Waals surface area contributed by atoms with Crippen LogP contribution in [0.25, 0.3) is 0 Å². The van der Waals surface area contributed by atoms with Gasteiger partial charge < -0.3 is 4.74 Å². The lowest BCUT2D eigenvalue weighted by molar-refractivity contribution is 0.0364. The smallest absolute Gasteiger partial charge is 0.274 e. The van der Waals surface area contributed by atoms with E-state index in [4.69, 9.17) is 9.57 Å². The highest BCUT2D eigenvalue weighted by atomic mass is 79.9. The van der Waals surface area contributed by atoms with Crippen LogP contribution in [0, 0.1) is 0 Å². The summed E-state index contributed by atoms with van der Waals surface area (Å²) in [5.74, 6) is -0.150. The molecule has 0 unspecified atom stereocenters. The summed E-state index contributed by atoms with van der Waals surface area (Å²) in [6.45, 7) is 4.21. The molecule has 0 atom stereocenters. The van der Waals surface area contributed by atoms with Gasteiger partial charge in [-0.3, -0.25) is 14.4 Å². The van der Waals surface area contributed by atoms with Crippen LogP contribution in [0.3, 0.4) is 0 Å². The van der Waals surface area contributed by atoms with Crippen LogP contribution in [-0.2, 0) is 14.9 Å². The van der Waals surface area contributed by atoms with Crippen molar-refractivity contribution in [3.8, 4) is 5.75 Å². The van der Waals surface area contributed by atoms with Gasteiger partial charge in [-0.25, -0.2) is 13.9 Å². The van der Waals surface area contributed by atoms with Gasteiger partial charge in [0.15, 0.2) is 0 Å². The van der Waals surface area contributed by atoms with Crippen LogP contribution >= 0.6 is 15.9 Å². The zero-order valence-electron chi connectivity index (χ0n) is 14.3. The number of sulfonamides is 1. The van der Waals surface area contributed by atoms with Gasteiger partial charge in [-0.05, 0) is 56.3 Å². The Bertz CT molecular complexity index is 869. The second kappa shape index (κ2) is 9.02. The van der Waals surface area contributed by atoms with E-state index in [-0.39, 0.29) is 10.6 Å². The maximum atomic E-state index is 12.7. The van der Waals surface area contributed by atoms with E-state index in [1.807, 2.05) is 0 Å². The third kappa shape index (κ3) is 5.20. The van der Waals surface area contributed by atoms with E-state index in [0.29, 0.717) is 28.9 Å². The molecule has 0 saturated carbocycles. The highest BCUT2D eigenvalue weighted by molar-refractivity contribution is 9.10. The summed E-state index contributed by atoms with van der Waals surface area (Å²) >= 11 is 3.27. The van der Waals surface area contributed by atoms with Crippen molar-refractivity contribution in [3.63, 3.8) is 0 Å². The van der Waals surface area contributed by atoms with Crippen molar-refractivity contribution in [1.82, 2.24) is 5.48 Å². The van der Waals surface area contributed by atoms with Gasteiger partial charge >= 0.3 is 0 Å². The van der Waals surface area contributed by atoms with Gasteiger partial charge in [-0.15, -0.1) is 0 Å². The van der Waals surface area contributed by atoms with Crippen LogP contribution in [-0.4, -0.2) is 27.5 Å². The first-order valence-electron chi connectivity index (χ1n) is 7.84. The average Bonchev–Trinajstić information content (AvgIpc) is 2.61. The van der Waals surface area contributed by atoms with Crippen molar-refractivity contribution < 1.29 is 22.8 Å². The van der Waals surface area contributed by atoms with E-state index in [9.17, 15) is 13.2 Å². The number of rotatable bonds is 8. The molecule has 2 aromatic carbocycles. The van der Waals surface area contributed by atoms with Gasteiger partial charge in [-0.1, -0.05) is 15.9 Å². The number of amides is 1. The second-order valence-corrected chi connectivity index (χ2v) is 7.64. The Morgan fingerprint density at radius 3 is 2.38 bits per heavy atom. The highest BCUT2D eigenvalue weighted by Gasteiger charge is 2.20. The van der Waals surface area contributed by atoms with Crippen molar-refractivity contribution >= 4 is 37.5 Å². The van der Waals surface area contributed by atoms with Crippen LogP contribution in [0.4, 0.5) is 5.69 Å². The molecular formula is C17H19BrN2O5S. The molecule has 7 nitrogen and oxygen atoms in total. The molecule has 0 radical (unpaired) electrons. The first-order valence-corrected chi connectivity index (χ1v) is 10.1. The Morgan fingerprint density at radius 1 is 1.08 bits per heavy atom. The summed E-state index contributed by atoms with van der Waals surface area (Å²) in [6.07, 6.45) is 0. The van der Waals surface area contributed by atoms with Crippen LogP contribution < -0.4 is 14.9 Å². The Balaban J connectivity index is 2.22. The molecule has 2 rings (SSSR count). The van der Waals surface area contributed by atoms with E-state index in [1.54, 1.807) is 26.0 Å². The summed E-state index contributed by atoms with van der Waals surface area (Å²) in [4.78, 5) is 16.6. The fraction of sp³-hybridized carbons (Fsp3) is 0.235. The monoisotopic (exact) mass is 442 g/mol. The first-order chi connectivity index (χ1) is 12.4. The molecule has 9 heteroatoms. The van der Waals surface area contributed by atoms with Gasteiger partial charge in [0.05, 0.1) is 13.2 Å². The third-order valence-corrected chi connectivity index (χ3v) is 5.10. The minimum absolute atomic E-state index is 0.0203. The molecule has 1 amide bonds. The van der Waals surface area contributed by atoms with Gasteiger partial charge in [0, 0.05) is 15.7 Å². The van der Waals surface area contributed by atoms with E-state index >= 15 is 0 Å². The van der Waals surface area contributed by atoms with E-state index < -0.39 is 15.9 Å². The molecule has 26 heavy (non-hydrogen) atoms. The summed E-state index contributed by atoms with van der Waals surface area (Å²) in [7, 11) is -3.87. The fourth-order valence-corrected chi connectivity index (χ4v) is 3.81. The quantitative estimate of drug-likeness (QED) is 0.611. The molecule has 0 aliphatic carbocycles. The maximum absolute atomic E-state index is 12.7. The SMILES string of the molecule is CCONC(=O)c1ccc(NS(=O)(=O)c2cc(Br)ccc2OCC)cc1. The summed E-state index contributed by atoms with van der Waals surface area (Å²) in [6, 6.07) is 10.7. The summed E-state index contributed by atoms with van der Waals surface area (Å²) < 4.78 is 33.9. The van der Waals surface area contributed by atoms with Gasteiger partial charge in [-0.2, -0.15) is 0 Å². The summed E-state index contributed by atoms with van der Waals surface area (Å²) in [5.41, 5.74) is 2.94. The first kappa shape index (κ1) is 20.2. The minimum Gasteiger partial charge on any atom is -0.492 e. The molecule has 0 aliphatic heterocycles. The molecule has 2 N–H and O–H groups in total. The molecule has 0 spiro atoms. The predicted molar refractivity (Wildman–Crippen MR) is 102 cm³/mol. The number of hydroxylamine groups is 1. The lowest BCUT2D eigenvalue weighted by Gasteiger charge is -2.13. The Hall–Kier alpha value is -2.10. The maximum Gasteiger partial charge on any atom is 0.274 e. The van der Waals surface area contributed by atoms with Crippen molar-refractivity contribution in [2.45, 2.75) is 18.7 Å². The van der Waals surface area contributed by atoms with Crippen LogP contribution in [0.15, 0.2) is 51.8 Å². The lowest BCUT2D eigenvalue weighted by atomic mass is 10.2. The van der Waals surface area contributed by atoms with E-state index in [0.717, 1.165) is 0 Å². The summed E-state index contributed by atoms with van der Waals surface area (Å²) in [5, 5.41) is 0. The van der Waals surface area contributed by atoms with Crippen molar-refractivity contribution in [2.75, 3.05) is 17.9 Å². The normalized spacial score (nSPS) is 11.0. The zero-order chi connectivity index (χ0) is 19.2. The molecule has 0 fully saturated rings. The van der Waals surface area contributed by atoms with Crippen molar-refractivity contribution in [2.24, 2.45) is 0 Å². The molecular weight excluding hydrogens is 424 g/mol. The fourth-order valence-electron chi connectivity index (χ4n) is 2.06. The Morgan fingerprint density at radius 2 is 1.77 bits per heavy atom.